The molecule has 6 heteroatoms. The first kappa shape index (κ1) is 20.1. The molecule has 0 aromatic carbocycles. The minimum atomic E-state index is -1.43. The molecule has 0 aromatic rings. The monoisotopic (exact) mass is 310 g/mol. The summed E-state index contributed by atoms with van der Waals surface area (Å²) in [6, 6.07) is 0. The van der Waals surface area contributed by atoms with Crippen molar-refractivity contribution in [3.63, 3.8) is 0 Å². The number of ether oxygens (including phenoxy) is 1. The van der Waals surface area contributed by atoms with E-state index >= 15 is 0 Å². The molecule has 0 spiro atoms. The van der Waals surface area contributed by atoms with Crippen LogP contribution in [0.2, 0.25) is 0 Å². The Bertz CT molecular complexity index is 218. The molecule has 0 aliphatic heterocycles. The summed E-state index contributed by atoms with van der Waals surface area (Å²) in [6.07, 6.45) is 2.16. The molecule has 4 atom stereocenters. The lowest BCUT2D eigenvalue weighted by Gasteiger charge is -2.28. The van der Waals surface area contributed by atoms with Gasteiger partial charge in [-0.15, -0.1) is 0 Å². The Morgan fingerprint density at radius 2 is 1.55 bits per heavy atom. The number of aliphatic hydroxyl groups excluding tert-OH is 4. The van der Waals surface area contributed by atoms with Crippen LogP contribution >= 0.6 is 12.6 Å². The SMILES string of the molecule is CCCCCCCCO[C@@H](CS)[C@@H](O)[C@@H](O)[C@H](O)CO. The summed E-state index contributed by atoms with van der Waals surface area (Å²) < 4.78 is 5.50. The van der Waals surface area contributed by atoms with Crippen LogP contribution in [-0.4, -0.2) is 63.8 Å². The van der Waals surface area contributed by atoms with Gasteiger partial charge >= 0.3 is 0 Å². The summed E-state index contributed by atoms with van der Waals surface area (Å²) in [5.41, 5.74) is 0. The number of hydrogen-bond acceptors (Lipinski definition) is 6. The fourth-order valence-electron chi connectivity index (χ4n) is 1.93. The molecule has 122 valence electrons. The van der Waals surface area contributed by atoms with Gasteiger partial charge in [0.1, 0.15) is 18.3 Å². The molecule has 0 rings (SSSR count). The molecule has 0 aliphatic carbocycles. The summed E-state index contributed by atoms with van der Waals surface area (Å²) in [7, 11) is 0. The van der Waals surface area contributed by atoms with E-state index in [1.54, 1.807) is 0 Å². The van der Waals surface area contributed by atoms with Crippen molar-refractivity contribution in [3.05, 3.63) is 0 Å². The van der Waals surface area contributed by atoms with Crippen molar-refractivity contribution in [2.24, 2.45) is 0 Å². The zero-order chi connectivity index (χ0) is 15.4. The lowest BCUT2D eigenvalue weighted by Crippen LogP contribution is -2.47. The van der Waals surface area contributed by atoms with Crippen LogP contribution in [0.4, 0.5) is 0 Å². The predicted octanol–water partition coefficient (Wildman–Crippen LogP) is 0.737. The third-order valence-electron chi connectivity index (χ3n) is 3.32. The molecule has 0 heterocycles. The highest BCUT2D eigenvalue weighted by Gasteiger charge is 2.30. The standard InChI is InChI=1S/C14H30O5S/c1-2-3-4-5-6-7-8-19-12(10-20)14(18)13(17)11(16)9-15/h11-18,20H,2-10H2,1H3/t11-,12+,13+,14-/m1/s1. The maximum absolute atomic E-state index is 9.86. The van der Waals surface area contributed by atoms with Crippen LogP contribution in [-0.2, 0) is 4.74 Å². The predicted molar refractivity (Wildman–Crippen MR) is 82.1 cm³/mol. The first-order valence-electron chi connectivity index (χ1n) is 7.46. The lowest BCUT2D eigenvalue weighted by atomic mass is 10.0. The Morgan fingerprint density at radius 3 is 2.10 bits per heavy atom. The lowest BCUT2D eigenvalue weighted by molar-refractivity contribution is -0.124. The van der Waals surface area contributed by atoms with Crippen LogP contribution < -0.4 is 0 Å². The highest BCUT2D eigenvalue weighted by Crippen LogP contribution is 2.11. The van der Waals surface area contributed by atoms with Gasteiger partial charge in [0.2, 0.25) is 0 Å². The van der Waals surface area contributed by atoms with Crippen LogP contribution in [0.25, 0.3) is 0 Å². The Morgan fingerprint density at radius 1 is 0.950 bits per heavy atom. The summed E-state index contributed by atoms with van der Waals surface area (Å²) in [5.74, 6) is 0.242. The molecule has 0 saturated heterocycles. The molecule has 0 bridgehead atoms. The van der Waals surface area contributed by atoms with Crippen molar-refractivity contribution in [1.82, 2.24) is 0 Å². The first-order valence-corrected chi connectivity index (χ1v) is 8.09. The van der Waals surface area contributed by atoms with Gasteiger partial charge in [-0.3, -0.25) is 0 Å². The molecule has 0 fully saturated rings. The molecule has 0 aliphatic rings. The largest absolute Gasteiger partial charge is 0.394 e. The first-order chi connectivity index (χ1) is 9.58. The van der Waals surface area contributed by atoms with E-state index in [1.807, 2.05) is 0 Å². The molecule has 0 unspecified atom stereocenters. The second kappa shape index (κ2) is 12.9. The third kappa shape index (κ3) is 8.44. The zero-order valence-corrected chi connectivity index (χ0v) is 13.2. The summed E-state index contributed by atoms with van der Waals surface area (Å²) >= 11 is 4.08. The van der Waals surface area contributed by atoms with Gasteiger partial charge in [-0.2, -0.15) is 12.6 Å². The average Bonchev–Trinajstić information content (AvgIpc) is 2.48. The summed E-state index contributed by atoms with van der Waals surface area (Å²) in [4.78, 5) is 0. The molecule has 0 saturated carbocycles. The number of aliphatic hydroxyl groups is 4. The van der Waals surface area contributed by atoms with E-state index in [4.69, 9.17) is 9.84 Å². The van der Waals surface area contributed by atoms with Crippen LogP contribution in [0.15, 0.2) is 0 Å². The van der Waals surface area contributed by atoms with Gasteiger partial charge in [0.25, 0.3) is 0 Å². The minimum absolute atomic E-state index is 0.242. The quantitative estimate of drug-likeness (QED) is 0.256. The Hall–Kier alpha value is 0.150. The Balaban J connectivity index is 3.85. The van der Waals surface area contributed by atoms with Crippen LogP contribution in [0.5, 0.6) is 0 Å². The zero-order valence-electron chi connectivity index (χ0n) is 12.3. The van der Waals surface area contributed by atoms with Crippen molar-refractivity contribution < 1.29 is 25.2 Å². The normalized spacial score (nSPS) is 17.7. The van der Waals surface area contributed by atoms with E-state index in [1.165, 1.54) is 25.7 Å². The van der Waals surface area contributed by atoms with Gasteiger partial charge < -0.3 is 25.2 Å². The Labute approximate surface area is 127 Å². The van der Waals surface area contributed by atoms with Gasteiger partial charge in [-0.25, -0.2) is 0 Å². The Kier molecular flexibility index (Phi) is 13.0. The van der Waals surface area contributed by atoms with E-state index < -0.39 is 31.0 Å². The van der Waals surface area contributed by atoms with Crippen LogP contribution in [0.3, 0.4) is 0 Å². The highest BCUT2D eigenvalue weighted by atomic mass is 32.1. The molecule has 20 heavy (non-hydrogen) atoms. The molecule has 4 N–H and O–H groups in total. The average molecular weight is 310 g/mol. The maximum atomic E-state index is 9.86. The summed E-state index contributed by atoms with van der Waals surface area (Å²) in [5, 5.41) is 37.5. The topological polar surface area (TPSA) is 90.2 Å². The van der Waals surface area contributed by atoms with E-state index in [-0.39, 0.29) is 5.75 Å². The van der Waals surface area contributed by atoms with Crippen LogP contribution in [0.1, 0.15) is 45.4 Å². The van der Waals surface area contributed by atoms with Crippen molar-refractivity contribution in [2.75, 3.05) is 19.0 Å². The summed E-state index contributed by atoms with van der Waals surface area (Å²) in [6.45, 7) is 2.07. The fraction of sp³-hybridized carbons (Fsp3) is 1.00. The number of unbranched alkanes of at least 4 members (excludes halogenated alkanes) is 5. The molecule has 5 nitrogen and oxygen atoms in total. The van der Waals surface area contributed by atoms with E-state index in [2.05, 4.69) is 19.6 Å². The van der Waals surface area contributed by atoms with Crippen molar-refractivity contribution in [1.29, 1.82) is 0 Å². The molecule has 0 amide bonds. The second-order valence-corrected chi connectivity index (χ2v) is 5.46. The molecule has 0 aromatic heterocycles. The molecular formula is C14H30O5S. The third-order valence-corrected chi connectivity index (χ3v) is 3.68. The van der Waals surface area contributed by atoms with Crippen molar-refractivity contribution in [3.8, 4) is 0 Å². The van der Waals surface area contributed by atoms with E-state index in [9.17, 15) is 15.3 Å². The van der Waals surface area contributed by atoms with Crippen molar-refractivity contribution >= 4 is 12.6 Å². The fourth-order valence-corrected chi connectivity index (χ4v) is 2.25. The molecular weight excluding hydrogens is 280 g/mol. The van der Waals surface area contributed by atoms with Crippen molar-refractivity contribution in [2.45, 2.75) is 69.9 Å². The van der Waals surface area contributed by atoms with Gasteiger partial charge in [0.05, 0.1) is 12.7 Å². The highest BCUT2D eigenvalue weighted by molar-refractivity contribution is 7.80. The van der Waals surface area contributed by atoms with Gasteiger partial charge in [0, 0.05) is 12.4 Å². The second-order valence-electron chi connectivity index (χ2n) is 5.09. The number of rotatable bonds is 13. The maximum Gasteiger partial charge on any atom is 0.111 e. The van der Waals surface area contributed by atoms with Crippen LogP contribution in [0, 0.1) is 0 Å². The number of thiol groups is 1. The number of hydrogen-bond donors (Lipinski definition) is 5. The smallest absolute Gasteiger partial charge is 0.111 e. The minimum Gasteiger partial charge on any atom is -0.394 e. The van der Waals surface area contributed by atoms with Gasteiger partial charge in [-0.05, 0) is 6.42 Å². The van der Waals surface area contributed by atoms with Gasteiger partial charge in [-0.1, -0.05) is 39.0 Å². The van der Waals surface area contributed by atoms with E-state index in [0.29, 0.717) is 6.61 Å². The van der Waals surface area contributed by atoms with Gasteiger partial charge in [0.15, 0.2) is 0 Å². The van der Waals surface area contributed by atoms with E-state index in [0.717, 1.165) is 12.8 Å². The molecule has 0 radical (unpaired) electrons.